The van der Waals surface area contributed by atoms with Crippen LogP contribution >= 0.6 is 0 Å². The standard InChI is InChI=1S/C18H22N2O.C7H16.C3H8.C3H6/c1-14-3-4-15(2)17(11-14)12-20-18-7-5-16(6-8-18)9-10-19-13-21;1-3-5-7-6-4-2;2*1-3-2/h3-8,11,13,20H,9-10,12H2,1-2H3,(H,19,21);3-7H2,1-2H3;3H2,1-2H3;3H,1H2,2H3. The van der Waals surface area contributed by atoms with Crippen LogP contribution in [0.25, 0.3) is 0 Å². The number of benzene rings is 2. The Morgan fingerprint density at radius 2 is 1.44 bits per heavy atom. The number of allylic oxidation sites excluding steroid dienone is 1. The molecular formula is C31H52N2O. The van der Waals surface area contributed by atoms with Crippen molar-refractivity contribution in [3.05, 3.63) is 77.4 Å². The van der Waals surface area contributed by atoms with E-state index in [1.807, 2.05) is 6.92 Å². The highest BCUT2D eigenvalue weighted by atomic mass is 16.1. The second kappa shape index (κ2) is 25.1. The van der Waals surface area contributed by atoms with Gasteiger partial charge in [-0.2, -0.15) is 0 Å². The van der Waals surface area contributed by atoms with E-state index >= 15 is 0 Å². The number of amides is 1. The van der Waals surface area contributed by atoms with Gasteiger partial charge in [0.15, 0.2) is 0 Å². The quantitative estimate of drug-likeness (QED) is 0.196. The van der Waals surface area contributed by atoms with E-state index < -0.39 is 0 Å². The third-order valence-electron chi connectivity index (χ3n) is 4.79. The second-order valence-corrected chi connectivity index (χ2v) is 8.48. The number of aryl methyl sites for hydroxylation is 2. The number of anilines is 1. The van der Waals surface area contributed by atoms with Gasteiger partial charge in [-0.1, -0.05) is 108 Å². The SMILES string of the molecule is C=CC.CCC.CCCCCCC.Cc1ccc(C)c(CNc2ccc(CCNC=O)cc2)c1. The molecule has 0 atom stereocenters. The van der Waals surface area contributed by atoms with Crippen molar-refractivity contribution in [2.75, 3.05) is 11.9 Å². The number of hydrogen-bond acceptors (Lipinski definition) is 2. The number of carbonyl (C=O) groups is 1. The molecule has 0 fully saturated rings. The summed E-state index contributed by atoms with van der Waals surface area (Å²) < 4.78 is 0. The molecule has 34 heavy (non-hydrogen) atoms. The van der Waals surface area contributed by atoms with Crippen molar-refractivity contribution in [2.45, 2.75) is 100.0 Å². The van der Waals surface area contributed by atoms with E-state index in [1.54, 1.807) is 6.08 Å². The lowest BCUT2D eigenvalue weighted by molar-refractivity contribution is -0.109. The number of carbonyl (C=O) groups excluding carboxylic acids is 1. The average molecular weight is 469 g/mol. The maximum atomic E-state index is 10.2. The van der Waals surface area contributed by atoms with Crippen molar-refractivity contribution in [1.82, 2.24) is 5.32 Å². The average Bonchev–Trinajstić information content (AvgIpc) is 2.82. The minimum absolute atomic E-state index is 0.679. The Hall–Kier alpha value is -2.55. The molecule has 0 heterocycles. The summed E-state index contributed by atoms with van der Waals surface area (Å²) in [5.41, 5.74) is 6.26. The first kappa shape index (κ1) is 33.6. The minimum atomic E-state index is 0.679. The zero-order valence-electron chi connectivity index (χ0n) is 23.2. The molecule has 2 aromatic rings. The Morgan fingerprint density at radius 3 is 1.94 bits per heavy atom. The molecule has 0 aromatic heterocycles. The van der Waals surface area contributed by atoms with Crippen LogP contribution in [0.1, 0.15) is 95.4 Å². The predicted molar refractivity (Wildman–Crippen MR) is 154 cm³/mol. The maximum absolute atomic E-state index is 10.2. The van der Waals surface area contributed by atoms with Crippen LogP contribution < -0.4 is 10.6 Å². The van der Waals surface area contributed by atoms with Crippen LogP contribution in [-0.4, -0.2) is 13.0 Å². The van der Waals surface area contributed by atoms with E-state index in [4.69, 9.17) is 0 Å². The molecule has 0 spiro atoms. The van der Waals surface area contributed by atoms with Gasteiger partial charge in [-0.3, -0.25) is 4.79 Å². The van der Waals surface area contributed by atoms with Gasteiger partial charge in [-0.25, -0.2) is 0 Å². The van der Waals surface area contributed by atoms with Crippen molar-refractivity contribution >= 4 is 12.1 Å². The van der Waals surface area contributed by atoms with Gasteiger partial charge in [0, 0.05) is 18.8 Å². The lowest BCUT2D eigenvalue weighted by Gasteiger charge is -2.10. The van der Waals surface area contributed by atoms with Gasteiger partial charge in [0.2, 0.25) is 6.41 Å². The van der Waals surface area contributed by atoms with Crippen molar-refractivity contribution in [3.63, 3.8) is 0 Å². The van der Waals surface area contributed by atoms with Crippen LogP contribution in [0.4, 0.5) is 5.69 Å². The van der Waals surface area contributed by atoms with Gasteiger partial charge in [0.05, 0.1) is 0 Å². The fourth-order valence-corrected chi connectivity index (χ4v) is 2.93. The molecular weight excluding hydrogens is 416 g/mol. The molecule has 1 amide bonds. The van der Waals surface area contributed by atoms with Crippen LogP contribution in [0.5, 0.6) is 0 Å². The summed E-state index contributed by atoms with van der Waals surface area (Å²) in [7, 11) is 0. The van der Waals surface area contributed by atoms with Gasteiger partial charge >= 0.3 is 0 Å². The number of nitrogens with one attached hydrogen (secondary N) is 2. The molecule has 3 nitrogen and oxygen atoms in total. The van der Waals surface area contributed by atoms with E-state index in [2.05, 4.69) is 101 Å². The minimum Gasteiger partial charge on any atom is -0.381 e. The van der Waals surface area contributed by atoms with Crippen LogP contribution in [-0.2, 0) is 17.8 Å². The highest BCUT2D eigenvalue weighted by Crippen LogP contribution is 2.15. The molecule has 2 rings (SSSR count). The predicted octanol–water partition coefficient (Wildman–Crippen LogP) is 8.79. The summed E-state index contributed by atoms with van der Waals surface area (Å²) >= 11 is 0. The van der Waals surface area contributed by atoms with E-state index in [1.165, 1.54) is 60.8 Å². The van der Waals surface area contributed by atoms with Crippen LogP contribution in [0, 0.1) is 13.8 Å². The molecule has 2 aromatic carbocycles. The fourth-order valence-electron chi connectivity index (χ4n) is 2.93. The molecule has 3 heteroatoms. The van der Waals surface area contributed by atoms with Crippen molar-refractivity contribution < 1.29 is 4.79 Å². The topological polar surface area (TPSA) is 41.1 Å². The molecule has 2 N–H and O–H groups in total. The highest BCUT2D eigenvalue weighted by molar-refractivity contribution is 5.47. The van der Waals surface area contributed by atoms with Crippen LogP contribution in [0.15, 0.2) is 55.1 Å². The third-order valence-corrected chi connectivity index (χ3v) is 4.79. The second-order valence-electron chi connectivity index (χ2n) is 8.48. The molecule has 0 saturated heterocycles. The zero-order valence-corrected chi connectivity index (χ0v) is 23.2. The number of unbranched alkanes of at least 4 members (excludes halogenated alkanes) is 4. The number of hydrogen-bond donors (Lipinski definition) is 2. The molecule has 0 bridgehead atoms. The first-order valence-corrected chi connectivity index (χ1v) is 13.1. The summed E-state index contributed by atoms with van der Waals surface area (Å²) in [5.74, 6) is 0. The molecule has 0 aliphatic carbocycles. The number of rotatable bonds is 11. The van der Waals surface area contributed by atoms with E-state index in [0.717, 1.165) is 25.1 Å². The lowest BCUT2D eigenvalue weighted by Crippen LogP contribution is -2.14. The smallest absolute Gasteiger partial charge is 0.207 e. The fraction of sp³-hybridized carbons (Fsp3) is 0.516. The Balaban J connectivity index is 0. The third kappa shape index (κ3) is 20.1. The van der Waals surface area contributed by atoms with Gasteiger partial charge in [0.25, 0.3) is 0 Å². The monoisotopic (exact) mass is 468 g/mol. The maximum Gasteiger partial charge on any atom is 0.207 e. The summed E-state index contributed by atoms with van der Waals surface area (Å²) in [5, 5.41) is 6.12. The molecule has 0 aliphatic heterocycles. The van der Waals surface area contributed by atoms with E-state index in [-0.39, 0.29) is 0 Å². The first-order chi connectivity index (χ1) is 16.4. The van der Waals surface area contributed by atoms with E-state index in [0.29, 0.717) is 6.54 Å². The molecule has 0 unspecified atom stereocenters. The molecule has 0 aliphatic rings. The summed E-state index contributed by atoms with van der Waals surface area (Å²) in [6, 6.07) is 14.9. The molecule has 0 saturated carbocycles. The van der Waals surface area contributed by atoms with Gasteiger partial charge in [-0.05, 0) is 56.0 Å². The summed E-state index contributed by atoms with van der Waals surface area (Å²) in [6.45, 7) is 19.8. The van der Waals surface area contributed by atoms with Crippen molar-refractivity contribution in [3.8, 4) is 0 Å². The molecule has 0 radical (unpaired) electrons. The van der Waals surface area contributed by atoms with Gasteiger partial charge < -0.3 is 10.6 Å². The van der Waals surface area contributed by atoms with Crippen LogP contribution in [0.2, 0.25) is 0 Å². The normalized spacial score (nSPS) is 9.15. The zero-order chi connectivity index (χ0) is 26.0. The largest absolute Gasteiger partial charge is 0.381 e. The van der Waals surface area contributed by atoms with Crippen molar-refractivity contribution in [2.24, 2.45) is 0 Å². The Bertz CT molecular complexity index is 719. The van der Waals surface area contributed by atoms with Crippen LogP contribution in [0.3, 0.4) is 0 Å². The van der Waals surface area contributed by atoms with Crippen molar-refractivity contribution in [1.29, 1.82) is 0 Å². The summed E-state index contributed by atoms with van der Waals surface area (Å²) in [4.78, 5) is 10.2. The van der Waals surface area contributed by atoms with E-state index in [9.17, 15) is 4.79 Å². The Morgan fingerprint density at radius 1 is 0.882 bits per heavy atom. The molecule has 192 valence electrons. The van der Waals surface area contributed by atoms with Gasteiger partial charge in [-0.15, -0.1) is 6.58 Å². The van der Waals surface area contributed by atoms with Gasteiger partial charge in [0.1, 0.15) is 0 Å². The lowest BCUT2D eigenvalue weighted by atomic mass is 10.1. The Kier molecular flexibility index (Phi) is 24.8. The Labute approximate surface area is 211 Å². The first-order valence-electron chi connectivity index (χ1n) is 13.1. The summed E-state index contributed by atoms with van der Waals surface area (Å²) in [6.07, 6.45) is 11.6. The highest BCUT2D eigenvalue weighted by Gasteiger charge is 2.00.